The van der Waals surface area contributed by atoms with Crippen molar-refractivity contribution in [3.05, 3.63) is 82.3 Å². The lowest BCUT2D eigenvalue weighted by molar-refractivity contribution is -0.124. The Balaban J connectivity index is 1.91. The van der Waals surface area contributed by atoms with Crippen LogP contribution in [0.2, 0.25) is 0 Å². The summed E-state index contributed by atoms with van der Waals surface area (Å²) in [5.74, 6) is -0.197. The molecule has 154 valence electrons. The molecule has 1 atom stereocenters. The van der Waals surface area contributed by atoms with Crippen LogP contribution in [0, 0.1) is 18.3 Å². The van der Waals surface area contributed by atoms with Gasteiger partial charge in [-0.3, -0.25) is 14.5 Å². The van der Waals surface area contributed by atoms with E-state index in [2.05, 4.69) is 6.07 Å². The highest BCUT2D eigenvalue weighted by Crippen LogP contribution is 2.56. The lowest BCUT2D eigenvalue weighted by Crippen LogP contribution is -2.52. The number of carbonyl (C=O) groups excluding carboxylic acids is 2. The fraction of sp³-hybridized carbons (Fsp3) is 0.240. The van der Waals surface area contributed by atoms with Crippen molar-refractivity contribution in [1.82, 2.24) is 0 Å². The van der Waals surface area contributed by atoms with Gasteiger partial charge in [0.2, 0.25) is 5.91 Å². The lowest BCUT2D eigenvalue weighted by atomic mass is 9.64. The largest absolute Gasteiger partial charge is 0.384 e. The summed E-state index contributed by atoms with van der Waals surface area (Å²) in [7, 11) is 1.68. The Bertz CT molecular complexity index is 1270. The van der Waals surface area contributed by atoms with Crippen LogP contribution in [0.25, 0.3) is 0 Å². The summed E-state index contributed by atoms with van der Waals surface area (Å²) in [5.41, 5.74) is 9.56. The Labute approximate surface area is 180 Å². The van der Waals surface area contributed by atoms with E-state index < -0.39 is 5.41 Å². The van der Waals surface area contributed by atoms with Gasteiger partial charge in [0.1, 0.15) is 17.3 Å². The number of fused-ring (bicyclic) bond motifs is 3. The maximum atomic E-state index is 13.8. The molecule has 0 saturated heterocycles. The zero-order valence-electron chi connectivity index (χ0n) is 17.5. The number of carbonyl (C=O) groups is 2. The number of nitrogens with two attached hydrogens (primary N) is 1. The Morgan fingerprint density at radius 3 is 2.61 bits per heavy atom. The SMILES string of the molecule is Cc1cccc(N2C(N)=C(C#N)[C@@]3(C(=O)N(C)c4ccccc43)C3=C2CCCC3=O)c1. The molecule has 1 spiro atoms. The van der Waals surface area contributed by atoms with Crippen molar-refractivity contribution >= 4 is 23.1 Å². The van der Waals surface area contributed by atoms with Gasteiger partial charge in [-0.15, -0.1) is 0 Å². The van der Waals surface area contributed by atoms with Crippen LogP contribution < -0.4 is 15.5 Å². The monoisotopic (exact) mass is 410 g/mol. The van der Waals surface area contributed by atoms with Gasteiger partial charge in [-0.25, -0.2) is 0 Å². The number of Topliss-reactive ketones (excluding diaryl/α,β-unsaturated/α-hetero) is 1. The number of nitriles is 1. The van der Waals surface area contributed by atoms with Crippen LogP contribution in [0.15, 0.2) is 71.2 Å². The molecule has 2 aromatic carbocycles. The predicted octanol–water partition coefficient (Wildman–Crippen LogP) is 3.43. The summed E-state index contributed by atoms with van der Waals surface area (Å²) in [4.78, 5) is 30.6. The van der Waals surface area contributed by atoms with Gasteiger partial charge in [-0.05, 0) is 43.5 Å². The summed E-state index contributed by atoms with van der Waals surface area (Å²) < 4.78 is 0. The van der Waals surface area contributed by atoms with Crippen LogP contribution in [-0.4, -0.2) is 18.7 Å². The standard InChI is InChI=1S/C25H22N4O2/c1-15-7-5-8-16(13-15)29-20-11-6-12-21(30)22(20)25(18(14-26)23(29)27)17-9-3-4-10-19(17)28(2)24(25)31/h3-5,7-10,13H,6,11-12,27H2,1-2H3/t25-/m1/s1. The van der Waals surface area contributed by atoms with E-state index in [1.807, 2.05) is 55.5 Å². The van der Waals surface area contributed by atoms with E-state index in [-0.39, 0.29) is 23.1 Å². The number of aryl methyl sites for hydroxylation is 1. The highest BCUT2D eigenvalue weighted by Gasteiger charge is 2.61. The molecule has 6 nitrogen and oxygen atoms in total. The fourth-order valence-electron chi connectivity index (χ4n) is 5.30. The maximum Gasteiger partial charge on any atom is 0.247 e. The molecule has 0 aromatic heterocycles. The van der Waals surface area contributed by atoms with Crippen LogP contribution >= 0.6 is 0 Å². The quantitative estimate of drug-likeness (QED) is 0.778. The Hall–Kier alpha value is -3.85. The van der Waals surface area contributed by atoms with Gasteiger partial charge in [-0.1, -0.05) is 30.3 Å². The summed E-state index contributed by atoms with van der Waals surface area (Å²) in [5, 5.41) is 10.3. The normalized spacial score (nSPS) is 22.7. The van der Waals surface area contributed by atoms with Crippen LogP contribution in [0.4, 0.5) is 11.4 Å². The molecule has 0 fully saturated rings. The second kappa shape index (κ2) is 6.58. The van der Waals surface area contributed by atoms with Crippen molar-refractivity contribution in [2.75, 3.05) is 16.8 Å². The number of ketones is 1. The van der Waals surface area contributed by atoms with Gasteiger partial charge in [0.15, 0.2) is 5.78 Å². The van der Waals surface area contributed by atoms with Gasteiger partial charge in [0, 0.05) is 41.7 Å². The topological polar surface area (TPSA) is 90.4 Å². The number of likely N-dealkylation sites (N-methyl/N-ethyl adjacent to an activating group) is 1. The molecule has 5 rings (SSSR count). The van der Waals surface area contributed by atoms with Crippen molar-refractivity contribution < 1.29 is 9.59 Å². The molecule has 2 N–H and O–H groups in total. The zero-order chi connectivity index (χ0) is 21.9. The molecule has 1 amide bonds. The molecule has 0 bridgehead atoms. The van der Waals surface area contributed by atoms with E-state index in [1.54, 1.807) is 11.9 Å². The molecule has 2 aromatic rings. The summed E-state index contributed by atoms with van der Waals surface area (Å²) in [6, 6.07) is 17.4. The number of rotatable bonds is 1. The summed E-state index contributed by atoms with van der Waals surface area (Å²) in [6.07, 6.45) is 1.63. The van der Waals surface area contributed by atoms with Gasteiger partial charge in [-0.2, -0.15) is 5.26 Å². The first-order chi connectivity index (χ1) is 14.9. The third kappa shape index (κ3) is 2.32. The number of nitrogens with zero attached hydrogens (tertiary/aromatic N) is 3. The smallest absolute Gasteiger partial charge is 0.247 e. The fourth-order valence-corrected chi connectivity index (χ4v) is 5.30. The maximum absolute atomic E-state index is 13.8. The van der Waals surface area contributed by atoms with Crippen LogP contribution in [-0.2, 0) is 15.0 Å². The average Bonchev–Trinajstić information content (AvgIpc) is 2.97. The molecule has 31 heavy (non-hydrogen) atoms. The van der Waals surface area contributed by atoms with Gasteiger partial charge in [0.25, 0.3) is 0 Å². The molecule has 6 heteroatoms. The van der Waals surface area contributed by atoms with E-state index in [4.69, 9.17) is 5.73 Å². The Morgan fingerprint density at radius 1 is 1.10 bits per heavy atom. The molecular formula is C25H22N4O2. The number of allylic oxidation sites excluding steroid dienone is 1. The number of amides is 1. The third-order valence-corrected chi connectivity index (χ3v) is 6.57. The minimum atomic E-state index is -1.49. The molecule has 0 unspecified atom stereocenters. The minimum Gasteiger partial charge on any atom is -0.384 e. The van der Waals surface area contributed by atoms with Crippen molar-refractivity contribution in [2.45, 2.75) is 31.6 Å². The van der Waals surface area contributed by atoms with E-state index in [0.717, 1.165) is 16.9 Å². The Kier molecular flexibility index (Phi) is 4.06. The molecule has 2 aliphatic heterocycles. The van der Waals surface area contributed by atoms with E-state index in [0.29, 0.717) is 36.1 Å². The predicted molar refractivity (Wildman–Crippen MR) is 118 cm³/mol. The summed E-state index contributed by atoms with van der Waals surface area (Å²) in [6.45, 7) is 1.98. The van der Waals surface area contributed by atoms with E-state index in [1.165, 1.54) is 4.90 Å². The van der Waals surface area contributed by atoms with Crippen molar-refractivity contribution in [2.24, 2.45) is 5.73 Å². The number of benzene rings is 2. The third-order valence-electron chi connectivity index (χ3n) is 6.57. The first-order valence-electron chi connectivity index (χ1n) is 10.3. The minimum absolute atomic E-state index is 0.0994. The van der Waals surface area contributed by atoms with Crippen molar-refractivity contribution in [1.29, 1.82) is 5.26 Å². The first kappa shape index (κ1) is 19.1. The van der Waals surface area contributed by atoms with Crippen LogP contribution in [0.5, 0.6) is 0 Å². The molecule has 2 heterocycles. The van der Waals surface area contributed by atoms with Crippen LogP contribution in [0.1, 0.15) is 30.4 Å². The first-order valence-corrected chi connectivity index (χ1v) is 10.3. The average molecular weight is 410 g/mol. The van der Waals surface area contributed by atoms with Gasteiger partial charge >= 0.3 is 0 Å². The van der Waals surface area contributed by atoms with E-state index in [9.17, 15) is 14.9 Å². The number of anilines is 2. The number of hydrogen-bond donors (Lipinski definition) is 1. The highest BCUT2D eigenvalue weighted by atomic mass is 16.2. The van der Waals surface area contributed by atoms with Crippen molar-refractivity contribution in [3.63, 3.8) is 0 Å². The zero-order valence-corrected chi connectivity index (χ0v) is 17.5. The summed E-state index contributed by atoms with van der Waals surface area (Å²) >= 11 is 0. The van der Waals surface area contributed by atoms with Crippen LogP contribution in [0.3, 0.4) is 0 Å². The number of para-hydroxylation sites is 1. The lowest BCUT2D eigenvalue weighted by Gasteiger charge is -2.43. The molecule has 0 saturated carbocycles. The molecular weight excluding hydrogens is 388 g/mol. The molecule has 1 aliphatic carbocycles. The van der Waals surface area contributed by atoms with Gasteiger partial charge < -0.3 is 10.6 Å². The highest BCUT2D eigenvalue weighted by molar-refractivity contribution is 6.20. The second-order valence-electron chi connectivity index (χ2n) is 8.28. The number of hydrogen-bond acceptors (Lipinski definition) is 5. The van der Waals surface area contributed by atoms with Gasteiger partial charge in [0.05, 0.1) is 5.57 Å². The van der Waals surface area contributed by atoms with E-state index >= 15 is 0 Å². The molecule has 3 aliphatic rings. The molecule has 0 radical (unpaired) electrons. The van der Waals surface area contributed by atoms with Crippen molar-refractivity contribution in [3.8, 4) is 6.07 Å². The second-order valence-corrected chi connectivity index (χ2v) is 8.28. The Morgan fingerprint density at radius 2 is 1.87 bits per heavy atom.